The number of methoxy groups -OCH3 is 1. The maximum Gasteiger partial charge on any atom is 0.123 e. The van der Waals surface area contributed by atoms with Gasteiger partial charge in [-0.05, 0) is 42.5 Å². The minimum absolute atomic E-state index is 0.0285. The highest BCUT2D eigenvalue weighted by molar-refractivity contribution is 5.29. The van der Waals surface area contributed by atoms with E-state index in [1.165, 1.54) is 12.1 Å². The zero-order valence-electron chi connectivity index (χ0n) is 10.7. The summed E-state index contributed by atoms with van der Waals surface area (Å²) < 4.78 is 18.1. The van der Waals surface area contributed by atoms with Gasteiger partial charge in [0.25, 0.3) is 0 Å². The third-order valence-corrected chi connectivity index (χ3v) is 2.90. The van der Waals surface area contributed by atoms with Crippen LogP contribution in [0.2, 0.25) is 0 Å². The van der Waals surface area contributed by atoms with Crippen LogP contribution >= 0.6 is 0 Å². The first-order valence-corrected chi connectivity index (χ1v) is 5.79. The molecule has 96 valence electrons. The van der Waals surface area contributed by atoms with Gasteiger partial charge in [-0.15, -0.1) is 0 Å². The number of aryl methyl sites for hydroxylation is 1. The standard InChI is InChI=1S/C13H21FN2O/c1-9(8-17-3)6-13(16-15)12-5-4-11(14)7-10(12)2/h4-5,7,9,13,16H,6,8,15H2,1-3H3. The van der Waals surface area contributed by atoms with Crippen LogP contribution in [0.5, 0.6) is 0 Å². The van der Waals surface area contributed by atoms with E-state index >= 15 is 0 Å². The van der Waals surface area contributed by atoms with Crippen LogP contribution in [0.3, 0.4) is 0 Å². The van der Waals surface area contributed by atoms with E-state index in [4.69, 9.17) is 10.6 Å². The molecule has 2 atom stereocenters. The molecule has 0 bridgehead atoms. The number of nitrogens with one attached hydrogen (secondary N) is 1. The van der Waals surface area contributed by atoms with Gasteiger partial charge in [0.15, 0.2) is 0 Å². The molecule has 0 saturated carbocycles. The Morgan fingerprint density at radius 3 is 2.71 bits per heavy atom. The molecule has 1 aromatic rings. The van der Waals surface area contributed by atoms with Crippen LogP contribution in [0.15, 0.2) is 18.2 Å². The van der Waals surface area contributed by atoms with Crippen molar-refractivity contribution in [3.05, 3.63) is 35.1 Å². The second kappa shape index (κ2) is 6.69. The van der Waals surface area contributed by atoms with E-state index in [-0.39, 0.29) is 11.9 Å². The highest BCUT2D eigenvalue weighted by Gasteiger charge is 2.16. The zero-order valence-corrected chi connectivity index (χ0v) is 10.7. The lowest BCUT2D eigenvalue weighted by molar-refractivity contribution is 0.149. The Labute approximate surface area is 102 Å². The van der Waals surface area contributed by atoms with Crippen LogP contribution in [0.1, 0.15) is 30.5 Å². The van der Waals surface area contributed by atoms with Gasteiger partial charge in [0.1, 0.15) is 5.82 Å². The van der Waals surface area contributed by atoms with Gasteiger partial charge in [-0.1, -0.05) is 13.0 Å². The Kier molecular flexibility index (Phi) is 5.55. The summed E-state index contributed by atoms with van der Waals surface area (Å²) in [6.07, 6.45) is 0.858. The first-order valence-electron chi connectivity index (χ1n) is 5.79. The van der Waals surface area contributed by atoms with Crippen molar-refractivity contribution >= 4 is 0 Å². The fourth-order valence-corrected chi connectivity index (χ4v) is 2.07. The van der Waals surface area contributed by atoms with Crippen molar-refractivity contribution in [3.63, 3.8) is 0 Å². The molecule has 0 radical (unpaired) electrons. The van der Waals surface area contributed by atoms with Gasteiger partial charge >= 0.3 is 0 Å². The second-order valence-corrected chi connectivity index (χ2v) is 4.52. The molecule has 1 rings (SSSR count). The molecule has 0 aliphatic rings. The molecule has 2 unspecified atom stereocenters. The molecule has 0 aromatic heterocycles. The van der Waals surface area contributed by atoms with Crippen LogP contribution in [-0.4, -0.2) is 13.7 Å². The van der Waals surface area contributed by atoms with Gasteiger partial charge in [-0.25, -0.2) is 4.39 Å². The van der Waals surface area contributed by atoms with E-state index in [1.807, 2.05) is 6.92 Å². The maximum absolute atomic E-state index is 13.0. The molecule has 0 saturated heterocycles. The van der Waals surface area contributed by atoms with E-state index < -0.39 is 0 Å². The zero-order chi connectivity index (χ0) is 12.8. The highest BCUT2D eigenvalue weighted by Crippen LogP contribution is 2.24. The Bertz CT molecular complexity index is 357. The minimum atomic E-state index is -0.216. The molecule has 0 aliphatic heterocycles. The topological polar surface area (TPSA) is 47.3 Å². The Balaban J connectivity index is 2.79. The van der Waals surface area contributed by atoms with Crippen molar-refractivity contribution < 1.29 is 9.13 Å². The summed E-state index contributed by atoms with van der Waals surface area (Å²) in [7, 11) is 1.69. The lowest BCUT2D eigenvalue weighted by Crippen LogP contribution is -2.30. The Hall–Kier alpha value is -0.970. The lowest BCUT2D eigenvalue weighted by Gasteiger charge is -2.22. The van der Waals surface area contributed by atoms with Gasteiger partial charge < -0.3 is 4.74 Å². The number of hydrogen-bond acceptors (Lipinski definition) is 3. The van der Waals surface area contributed by atoms with Crippen molar-refractivity contribution in [2.24, 2.45) is 11.8 Å². The smallest absolute Gasteiger partial charge is 0.123 e. The summed E-state index contributed by atoms with van der Waals surface area (Å²) in [6.45, 7) is 4.69. The van der Waals surface area contributed by atoms with Crippen molar-refractivity contribution in [2.45, 2.75) is 26.3 Å². The van der Waals surface area contributed by atoms with Crippen molar-refractivity contribution in [3.8, 4) is 0 Å². The normalized spacial score (nSPS) is 14.6. The minimum Gasteiger partial charge on any atom is -0.384 e. The van der Waals surface area contributed by atoms with Gasteiger partial charge in [0, 0.05) is 19.8 Å². The predicted octanol–water partition coefficient (Wildman–Crippen LogP) is 2.31. The first kappa shape index (κ1) is 14.1. The van der Waals surface area contributed by atoms with Crippen LogP contribution in [0.4, 0.5) is 4.39 Å². The van der Waals surface area contributed by atoms with Crippen LogP contribution in [-0.2, 0) is 4.74 Å². The third-order valence-electron chi connectivity index (χ3n) is 2.90. The third kappa shape index (κ3) is 4.07. The Morgan fingerprint density at radius 1 is 1.47 bits per heavy atom. The molecular weight excluding hydrogens is 219 g/mol. The number of benzene rings is 1. The molecule has 0 fully saturated rings. The largest absolute Gasteiger partial charge is 0.384 e. The maximum atomic E-state index is 13.0. The van der Waals surface area contributed by atoms with Crippen LogP contribution in [0.25, 0.3) is 0 Å². The average Bonchev–Trinajstić information content (AvgIpc) is 2.27. The summed E-state index contributed by atoms with van der Waals surface area (Å²) in [5, 5.41) is 0. The fraction of sp³-hybridized carbons (Fsp3) is 0.538. The van der Waals surface area contributed by atoms with E-state index in [0.717, 1.165) is 17.5 Å². The first-order chi connectivity index (χ1) is 8.08. The molecule has 3 nitrogen and oxygen atoms in total. The van der Waals surface area contributed by atoms with E-state index in [1.54, 1.807) is 13.2 Å². The average molecular weight is 240 g/mol. The quantitative estimate of drug-likeness (QED) is 0.592. The number of hydrogen-bond donors (Lipinski definition) is 2. The number of ether oxygens (including phenoxy) is 1. The summed E-state index contributed by atoms with van der Waals surface area (Å²) in [4.78, 5) is 0. The predicted molar refractivity (Wildman–Crippen MR) is 66.9 cm³/mol. The molecule has 0 amide bonds. The number of halogens is 1. The number of hydrazine groups is 1. The molecule has 1 aromatic carbocycles. The monoisotopic (exact) mass is 240 g/mol. The van der Waals surface area contributed by atoms with Gasteiger partial charge in [-0.3, -0.25) is 11.3 Å². The molecule has 0 heterocycles. The van der Waals surface area contributed by atoms with Gasteiger partial charge in [0.2, 0.25) is 0 Å². The molecule has 17 heavy (non-hydrogen) atoms. The fourth-order valence-electron chi connectivity index (χ4n) is 2.07. The molecule has 4 heteroatoms. The van der Waals surface area contributed by atoms with Gasteiger partial charge in [0.05, 0.1) is 0 Å². The SMILES string of the molecule is COCC(C)CC(NN)c1ccc(F)cc1C. The summed E-state index contributed by atoms with van der Waals surface area (Å²) in [5.41, 5.74) is 4.74. The van der Waals surface area contributed by atoms with E-state index in [2.05, 4.69) is 12.3 Å². The van der Waals surface area contributed by atoms with Crippen molar-refractivity contribution in [1.82, 2.24) is 5.43 Å². The summed E-state index contributed by atoms with van der Waals surface area (Å²) in [6, 6.07) is 4.81. The highest BCUT2D eigenvalue weighted by atomic mass is 19.1. The Morgan fingerprint density at radius 2 is 2.18 bits per heavy atom. The van der Waals surface area contributed by atoms with Crippen molar-refractivity contribution in [1.29, 1.82) is 0 Å². The molecule has 0 spiro atoms. The number of nitrogens with two attached hydrogens (primary N) is 1. The van der Waals surface area contributed by atoms with Crippen molar-refractivity contribution in [2.75, 3.05) is 13.7 Å². The van der Waals surface area contributed by atoms with E-state index in [9.17, 15) is 4.39 Å². The number of rotatable bonds is 6. The summed E-state index contributed by atoms with van der Waals surface area (Å²) >= 11 is 0. The van der Waals surface area contributed by atoms with Crippen LogP contribution < -0.4 is 11.3 Å². The van der Waals surface area contributed by atoms with E-state index in [0.29, 0.717) is 12.5 Å². The molecule has 0 aliphatic carbocycles. The van der Waals surface area contributed by atoms with Crippen LogP contribution in [0, 0.1) is 18.7 Å². The van der Waals surface area contributed by atoms with Gasteiger partial charge in [-0.2, -0.15) is 0 Å². The lowest BCUT2D eigenvalue weighted by atomic mass is 9.94. The molecular formula is C13H21FN2O. The second-order valence-electron chi connectivity index (χ2n) is 4.52. The molecule has 3 N–H and O–H groups in total. The summed E-state index contributed by atoms with van der Waals surface area (Å²) in [5.74, 6) is 5.75.